The van der Waals surface area contributed by atoms with Crippen LogP contribution in [0.15, 0.2) is 66.2 Å². The molecule has 0 saturated carbocycles. The molecule has 0 unspecified atom stereocenters. The lowest BCUT2D eigenvalue weighted by atomic mass is 10.1. The number of anilines is 1. The zero-order valence-electron chi connectivity index (χ0n) is 18.5. The van der Waals surface area contributed by atoms with E-state index < -0.39 is 17.8 Å². The van der Waals surface area contributed by atoms with E-state index in [-0.39, 0.29) is 18.0 Å². The van der Waals surface area contributed by atoms with Gasteiger partial charge in [-0.05, 0) is 111 Å². The van der Waals surface area contributed by atoms with Crippen LogP contribution in [0.2, 0.25) is 0 Å². The van der Waals surface area contributed by atoms with Crippen molar-refractivity contribution in [2.75, 3.05) is 4.90 Å². The van der Waals surface area contributed by atoms with Gasteiger partial charge >= 0.3 is 6.03 Å². The molecule has 4 amide bonds. The molecule has 0 aromatic heterocycles. The lowest BCUT2D eigenvalue weighted by Crippen LogP contribution is -2.54. The van der Waals surface area contributed by atoms with Crippen molar-refractivity contribution in [1.29, 1.82) is 0 Å². The third-order valence-electron chi connectivity index (χ3n) is 5.31. The highest BCUT2D eigenvalue weighted by molar-refractivity contribution is 14.1. The molecule has 0 bridgehead atoms. The fourth-order valence-corrected chi connectivity index (χ4v) is 5.65. The van der Waals surface area contributed by atoms with Crippen LogP contribution in [0.1, 0.15) is 23.6 Å². The molecule has 178 valence electrons. The molecule has 3 aromatic carbocycles. The van der Waals surface area contributed by atoms with E-state index in [1.54, 1.807) is 36.4 Å². The highest BCUT2D eigenvalue weighted by atomic mass is 127. The Kier molecular flexibility index (Phi) is 7.85. The van der Waals surface area contributed by atoms with Crippen LogP contribution in [0.5, 0.6) is 5.75 Å². The molecule has 4 rings (SSSR count). The Morgan fingerprint density at radius 3 is 2.29 bits per heavy atom. The van der Waals surface area contributed by atoms with E-state index in [9.17, 15) is 18.8 Å². The molecule has 0 aliphatic carbocycles. The van der Waals surface area contributed by atoms with Gasteiger partial charge in [-0.15, -0.1) is 0 Å². The Morgan fingerprint density at radius 2 is 1.66 bits per heavy atom. The van der Waals surface area contributed by atoms with Gasteiger partial charge in [0.05, 0.1) is 12.8 Å². The number of nitrogens with zero attached hydrogens (tertiary/aromatic N) is 1. The number of carbonyl (C=O) groups excluding carboxylic acids is 3. The molecule has 1 saturated heterocycles. The Labute approximate surface area is 228 Å². The van der Waals surface area contributed by atoms with Crippen LogP contribution in [-0.4, -0.2) is 17.8 Å². The number of hydrogen-bond donors (Lipinski definition) is 1. The summed E-state index contributed by atoms with van der Waals surface area (Å²) in [7, 11) is 0. The predicted octanol–water partition coefficient (Wildman–Crippen LogP) is 5.84. The Balaban J connectivity index is 1.60. The van der Waals surface area contributed by atoms with Crippen LogP contribution in [0.25, 0.3) is 6.08 Å². The monoisotopic (exact) mass is 696 g/mol. The van der Waals surface area contributed by atoms with E-state index >= 15 is 0 Å². The van der Waals surface area contributed by atoms with E-state index in [1.807, 2.05) is 19.1 Å². The van der Waals surface area contributed by atoms with E-state index in [4.69, 9.17) is 4.74 Å². The third-order valence-corrected chi connectivity index (χ3v) is 6.91. The van der Waals surface area contributed by atoms with Crippen molar-refractivity contribution < 1.29 is 23.5 Å². The van der Waals surface area contributed by atoms with Gasteiger partial charge in [0.25, 0.3) is 11.8 Å². The molecular formula is C26H19FI2N2O4. The first-order valence-corrected chi connectivity index (χ1v) is 12.8. The molecule has 35 heavy (non-hydrogen) atoms. The second-order valence-electron chi connectivity index (χ2n) is 7.71. The van der Waals surface area contributed by atoms with Gasteiger partial charge in [-0.3, -0.25) is 14.9 Å². The number of amides is 4. The Morgan fingerprint density at radius 1 is 0.971 bits per heavy atom. The second kappa shape index (κ2) is 10.9. The number of carbonyl (C=O) groups is 3. The van der Waals surface area contributed by atoms with Gasteiger partial charge in [-0.1, -0.05) is 31.2 Å². The van der Waals surface area contributed by atoms with Gasteiger partial charge in [0.15, 0.2) is 0 Å². The first-order valence-electron chi connectivity index (χ1n) is 10.6. The lowest BCUT2D eigenvalue weighted by molar-refractivity contribution is -0.122. The van der Waals surface area contributed by atoms with Gasteiger partial charge in [-0.25, -0.2) is 14.1 Å². The third kappa shape index (κ3) is 5.72. The van der Waals surface area contributed by atoms with Gasteiger partial charge < -0.3 is 4.74 Å². The number of hydrogen-bond acceptors (Lipinski definition) is 4. The van der Waals surface area contributed by atoms with Crippen molar-refractivity contribution in [3.05, 3.63) is 95.9 Å². The quantitative estimate of drug-likeness (QED) is 0.200. The summed E-state index contributed by atoms with van der Waals surface area (Å²) in [6, 6.07) is 16.0. The van der Waals surface area contributed by atoms with Gasteiger partial charge in [0.2, 0.25) is 0 Å². The SMILES string of the molecule is CCc1ccc(N2C(=O)NC(=O)/C(=C/c3cc(I)c(OCc4cccc(F)c4)c(I)c3)C2=O)cc1. The van der Waals surface area contributed by atoms with Crippen molar-refractivity contribution in [3.8, 4) is 5.75 Å². The van der Waals surface area contributed by atoms with E-state index in [2.05, 4.69) is 50.5 Å². The first kappa shape index (κ1) is 25.3. The van der Waals surface area contributed by atoms with Crippen molar-refractivity contribution in [3.63, 3.8) is 0 Å². The molecular weight excluding hydrogens is 677 g/mol. The number of urea groups is 1. The molecule has 0 spiro atoms. The molecule has 3 aromatic rings. The summed E-state index contributed by atoms with van der Waals surface area (Å²) in [5.41, 5.74) is 2.60. The number of barbiturate groups is 1. The first-order chi connectivity index (χ1) is 16.8. The fraction of sp³-hybridized carbons (Fsp3) is 0.115. The standard InChI is InChI=1S/C26H19FI2N2O4/c1-2-15-6-8-19(9-7-15)31-25(33)20(24(32)30-26(31)34)11-17-12-21(28)23(22(29)13-17)35-14-16-4-3-5-18(27)10-16/h3-13H,2,14H2,1H3,(H,30,32,34)/b20-11-. The highest BCUT2D eigenvalue weighted by Gasteiger charge is 2.36. The minimum Gasteiger partial charge on any atom is -0.487 e. The number of ether oxygens (including phenoxy) is 1. The molecule has 6 nitrogen and oxygen atoms in total. The minimum atomic E-state index is -0.786. The average Bonchev–Trinajstić information content (AvgIpc) is 2.81. The maximum atomic E-state index is 13.4. The molecule has 9 heteroatoms. The van der Waals surface area contributed by atoms with E-state index in [0.29, 0.717) is 22.6 Å². The topological polar surface area (TPSA) is 75.7 Å². The maximum Gasteiger partial charge on any atom is 0.335 e. The van der Waals surface area contributed by atoms with E-state index in [1.165, 1.54) is 18.2 Å². The highest BCUT2D eigenvalue weighted by Crippen LogP contribution is 2.31. The molecule has 1 aliphatic rings. The summed E-state index contributed by atoms with van der Waals surface area (Å²) in [6.45, 7) is 2.20. The van der Waals surface area contributed by atoms with Crippen LogP contribution in [0.3, 0.4) is 0 Å². The molecule has 1 heterocycles. The number of nitrogens with one attached hydrogen (secondary N) is 1. The summed E-state index contributed by atoms with van der Waals surface area (Å²) in [5, 5.41) is 2.24. The summed E-state index contributed by atoms with van der Waals surface area (Å²) < 4.78 is 20.8. The fourth-order valence-electron chi connectivity index (χ4n) is 3.52. The normalized spacial score (nSPS) is 14.9. The molecule has 1 fully saturated rings. The lowest BCUT2D eigenvalue weighted by Gasteiger charge is -2.26. The van der Waals surface area contributed by atoms with Crippen LogP contribution in [-0.2, 0) is 22.6 Å². The van der Waals surface area contributed by atoms with Crippen molar-refractivity contribution >= 4 is 74.8 Å². The number of imide groups is 2. The van der Waals surface area contributed by atoms with E-state index in [0.717, 1.165) is 24.0 Å². The summed E-state index contributed by atoms with van der Waals surface area (Å²) in [6.07, 6.45) is 2.28. The second-order valence-corrected chi connectivity index (χ2v) is 10.0. The predicted molar refractivity (Wildman–Crippen MR) is 147 cm³/mol. The van der Waals surface area contributed by atoms with Gasteiger partial charge in [0.1, 0.15) is 23.7 Å². The maximum absolute atomic E-state index is 13.4. The average molecular weight is 696 g/mol. The molecule has 0 radical (unpaired) electrons. The number of halogens is 3. The largest absolute Gasteiger partial charge is 0.487 e. The summed E-state index contributed by atoms with van der Waals surface area (Å²) in [5.74, 6) is -1.16. The van der Waals surface area contributed by atoms with Crippen LogP contribution >= 0.6 is 45.2 Å². The summed E-state index contributed by atoms with van der Waals surface area (Å²) in [4.78, 5) is 39.1. The van der Waals surface area contributed by atoms with Crippen LogP contribution in [0.4, 0.5) is 14.9 Å². The van der Waals surface area contributed by atoms with Crippen molar-refractivity contribution in [1.82, 2.24) is 5.32 Å². The van der Waals surface area contributed by atoms with Gasteiger partial charge in [0, 0.05) is 0 Å². The smallest absolute Gasteiger partial charge is 0.335 e. The zero-order valence-corrected chi connectivity index (χ0v) is 22.8. The number of aryl methyl sites for hydroxylation is 1. The van der Waals surface area contributed by atoms with Crippen LogP contribution < -0.4 is 15.0 Å². The number of benzene rings is 3. The molecule has 0 atom stereocenters. The molecule has 1 aliphatic heterocycles. The van der Waals surface area contributed by atoms with Crippen molar-refractivity contribution in [2.24, 2.45) is 0 Å². The summed E-state index contributed by atoms with van der Waals surface area (Å²) >= 11 is 4.21. The van der Waals surface area contributed by atoms with Crippen LogP contribution in [0, 0.1) is 13.0 Å². The Bertz CT molecular complexity index is 1330. The Hall–Kier alpha value is -2.80. The minimum absolute atomic E-state index is 0.149. The molecule has 1 N–H and O–H groups in total. The van der Waals surface area contributed by atoms with Crippen molar-refractivity contribution in [2.45, 2.75) is 20.0 Å². The number of rotatable bonds is 6. The van der Waals surface area contributed by atoms with Gasteiger partial charge in [-0.2, -0.15) is 0 Å². The zero-order chi connectivity index (χ0) is 25.1.